The van der Waals surface area contributed by atoms with Gasteiger partial charge >= 0.3 is 5.97 Å². The Bertz CT molecular complexity index is 514. The fraction of sp³-hybridized carbons (Fsp3) is 0.533. The van der Waals surface area contributed by atoms with Crippen LogP contribution in [-0.4, -0.2) is 41.5 Å². The second-order valence-electron chi connectivity index (χ2n) is 5.62. The number of aliphatic carboxylic acids is 1. The average Bonchev–Trinajstić information content (AvgIpc) is 2.91. The summed E-state index contributed by atoms with van der Waals surface area (Å²) >= 11 is 0. The van der Waals surface area contributed by atoms with Gasteiger partial charge in [0.25, 0.3) is 0 Å². The lowest BCUT2D eigenvalue weighted by molar-refractivity contribution is -0.237. The van der Waals surface area contributed by atoms with E-state index in [1.807, 2.05) is 30.3 Å². The maximum atomic E-state index is 11.3. The highest BCUT2D eigenvalue weighted by atomic mass is 16.8. The van der Waals surface area contributed by atoms with Gasteiger partial charge in [0.05, 0.1) is 6.61 Å². The topological polar surface area (TPSA) is 74.2 Å². The number of carboxylic acid groups (broad SMARTS) is 1. The molecule has 0 unspecified atom stereocenters. The summed E-state index contributed by atoms with van der Waals surface area (Å²) in [7, 11) is 0. The van der Waals surface area contributed by atoms with Crippen LogP contribution in [0.15, 0.2) is 30.3 Å². The molecule has 2 heterocycles. The molecule has 2 aliphatic rings. The van der Waals surface area contributed by atoms with E-state index in [2.05, 4.69) is 0 Å². The quantitative estimate of drug-likeness (QED) is 0.908. The number of carboxylic acids is 1. The molecule has 0 amide bonds. The molecule has 0 saturated carbocycles. The van der Waals surface area contributed by atoms with Crippen LogP contribution in [0.25, 0.3) is 0 Å². The Morgan fingerprint density at radius 3 is 2.57 bits per heavy atom. The van der Waals surface area contributed by atoms with Gasteiger partial charge in [0.15, 0.2) is 18.2 Å². The Kier molecular flexibility index (Phi) is 3.71. The lowest BCUT2D eigenvalue weighted by Crippen LogP contribution is -2.35. The number of fused-ring (bicyclic) bond motifs is 1. The minimum Gasteiger partial charge on any atom is -0.479 e. The van der Waals surface area contributed by atoms with Gasteiger partial charge < -0.3 is 24.1 Å². The SMILES string of the molecule is CC1(C)O[C@H]2[C@H](OCc3ccccc3)O[C@@H](C(=O)O)[C@H]2O1. The molecule has 6 nitrogen and oxygen atoms in total. The van der Waals surface area contributed by atoms with Crippen molar-refractivity contribution >= 4 is 5.97 Å². The predicted octanol–water partition coefficient (Wildman–Crippen LogP) is 1.53. The molecule has 0 aromatic heterocycles. The Hall–Kier alpha value is -1.47. The molecule has 6 heteroatoms. The number of benzene rings is 1. The van der Waals surface area contributed by atoms with Crippen LogP contribution in [0.4, 0.5) is 0 Å². The van der Waals surface area contributed by atoms with Crippen molar-refractivity contribution in [2.24, 2.45) is 0 Å². The van der Waals surface area contributed by atoms with Crippen LogP contribution in [0.1, 0.15) is 19.4 Å². The number of rotatable bonds is 4. The normalized spacial score (nSPS) is 33.8. The van der Waals surface area contributed by atoms with Gasteiger partial charge in [0.1, 0.15) is 12.2 Å². The number of hydrogen-bond acceptors (Lipinski definition) is 5. The fourth-order valence-electron chi connectivity index (χ4n) is 2.65. The Morgan fingerprint density at radius 2 is 1.90 bits per heavy atom. The van der Waals surface area contributed by atoms with Crippen molar-refractivity contribution in [1.82, 2.24) is 0 Å². The van der Waals surface area contributed by atoms with E-state index in [-0.39, 0.29) is 0 Å². The van der Waals surface area contributed by atoms with E-state index in [0.29, 0.717) is 6.61 Å². The van der Waals surface area contributed by atoms with E-state index in [9.17, 15) is 9.90 Å². The molecule has 3 rings (SSSR count). The van der Waals surface area contributed by atoms with E-state index in [0.717, 1.165) is 5.56 Å². The molecule has 0 radical (unpaired) electrons. The summed E-state index contributed by atoms with van der Waals surface area (Å²) in [6.45, 7) is 3.82. The summed E-state index contributed by atoms with van der Waals surface area (Å²) in [5.41, 5.74) is 0.981. The first-order valence-electron chi connectivity index (χ1n) is 6.86. The third-order valence-corrected chi connectivity index (χ3v) is 3.51. The predicted molar refractivity (Wildman–Crippen MR) is 71.4 cm³/mol. The molecule has 0 aliphatic carbocycles. The Balaban J connectivity index is 1.69. The minimum atomic E-state index is -1.07. The number of carbonyl (C=O) groups is 1. The minimum absolute atomic E-state index is 0.324. The van der Waals surface area contributed by atoms with Crippen molar-refractivity contribution in [1.29, 1.82) is 0 Å². The van der Waals surface area contributed by atoms with Crippen molar-refractivity contribution in [3.63, 3.8) is 0 Å². The van der Waals surface area contributed by atoms with E-state index in [1.165, 1.54) is 0 Å². The smallest absolute Gasteiger partial charge is 0.335 e. The van der Waals surface area contributed by atoms with E-state index >= 15 is 0 Å². The summed E-state index contributed by atoms with van der Waals surface area (Å²) in [5.74, 6) is -1.90. The third-order valence-electron chi connectivity index (χ3n) is 3.51. The van der Waals surface area contributed by atoms with E-state index in [1.54, 1.807) is 13.8 Å². The number of hydrogen-bond donors (Lipinski definition) is 1. The monoisotopic (exact) mass is 294 g/mol. The Labute approximate surface area is 122 Å². The van der Waals surface area contributed by atoms with Crippen LogP contribution in [0, 0.1) is 0 Å². The molecule has 1 aromatic carbocycles. The van der Waals surface area contributed by atoms with Crippen molar-refractivity contribution in [3.05, 3.63) is 35.9 Å². The summed E-state index contributed by atoms with van der Waals surface area (Å²) < 4.78 is 22.5. The molecule has 114 valence electrons. The zero-order chi connectivity index (χ0) is 15.0. The molecule has 1 aromatic rings. The second kappa shape index (κ2) is 5.38. The first kappa shape index (κ1) is 14.5. The molecule has 4 atom stereocenters. The second-order valence-corrected chi connectivity index (χ2v) is 5.62. The third kappa shape index (κ3) is 2.94. The van der Waals surface area contributed by atoms with Gasteiger partial charge in [-0.15, -0.1) is 0 Å². The van der Waals surface area contributed by atoms with Crippen LogP contribution in [0.3, 0.4) is 0 Å². The fourth-order valence-corrected chi connectivity index (χ4v) is 2.65. The van der Waals surface area contributed by atoms with Gasteiger partial charge in [-0.05, 0) is 19.4 Å². The van der Waals surface area contributed by atoms with Crippen LogP contribution in [-0.2, 0) is 30.3 Å². The summed E-state index contributed by atoms with van der Waals surface area (Å²) in [4.78, 5) is 11.3. The molecule has 1 N–H and O–H groups in total. The highest BCUT2D eigenvalue weighted by Crippen LogP contribution is 2.39. The van der Waals surface area contributed by atoms with Gasteiger partial charge in [0.2, 0.25) is 0 Å². The zero-order valence-corrected chi connectivity index (χ0v) is 11.9. The highest BCUT2D eigenvalue weighted by molar-refractivity contribution is 5.73. The standard InChI is InChI=1S/C15H18O6/c1-15(2)20-10-11(13(16)17)19-14(12(10)21-15)18-8-9-6-4-3-5-7-9/h3-7,10-12,14H,8H2,1-2H3,(H,16,17)/t10-,11-,12-,14-/m1/s1. The van der Waals surface area contributed by atoms with Gasteiger partial charge in [-0.1, -0.05) is 30.3 Å². The maximum absolute atomic E-state index is 11.3. The molecule has 2 aliphatic heterocycles. The average molecular weight is 294 g/mol. The van der Waals surface area contributed by atoms with Crippen molar-refractivity contribution in [3.8, 4) is 0 Å². The largest absolute Gasteiger partial charge is 0.479 e. The summed E-state index contributed by atoms with van der Waals surface area (Å²) in [6, 6.07) is 9.60. The first-order valence-corrected chi connectivity index (χ1v) is 6.86. The molecule has 2 fully saturated rings. The first-order chi connectivity index (χ1) is 9.96. The van der Waals surface area contributed by atoms with Crippen LogP contribution in [0.2, 0.25) is 0 Å². The molecular weight excluding hydrogens is 276 g/mol. The lowest BCUT2D eigenvalue weighted by Gasteiger charge is -2.23. The molecule has 0 bridgehead atoms. The number of ether oxygens (including phenoxy) is 4. The van der Waals surface area contributed by atoms with Gasteiger partial charge in [-0.3, -0.25) is 0 Å². The van der Waals surface area contributed by atoms with Crippen molar-refractivity contribution < 1.29 is 28.8 Å². The molecular formula is C15H18O6. The molecule has 2 saturated heterocycles. The molecule has 21 heavy (non-hydrogen) atoms. The van der Waals surface area contributed by atoms with Gasteiger partial charge in [-0.25, -0.2) is 4.79 Å². The van der Waals surface area contributed by atoms with E-state index < -0.39 is 36.4 Å². The lowest BCUT2D eigenvalue weighted by atomic mass is 10.1. The van der Waals surface area contributed by atoms with Crippen LogP contribution in [0.5, 0.6) is 0 Å². The van der Waals surface area contributed by atoms with Crippen LogP contribution >= 0.6 is 0 Å². The van der Waals surface area contributed by atoms with Gasteiger partial charge in [0, 0.05) is 0 Å². The summed E-state index contributed by atoms with van der Waals surface area (Å²) in [6.07, 6.45) is -3.02. The zero-order valence-electron chi connectivity index (χ0n) is 11.9. The Morgan fingerprint density at radius 1 is 1.24 bits per heavy atom. The summed E-state index contributed by atoms with van der Waals surface area (Å²) in [5, 5.41) is 9.22. The van der Waals surface area contributed by atoms with E-state index in [4.69, 9.17) is 18.9 Å². The molecule has 0 spiro atoms. The maximum Gasteiger partial charge on any atom is 0.335 e. The highest BCUT2D eigenvalue weighted by Gasteiger charge is 2.58. The van der Waals surface area contributed by atoms with Crippen LogP contribution < -0.4 is 0 Å². The van der Waals surface area contributed by atoms with Crippen molar-refractivity contribution in [2.45, 2.75) is 50.8 Å². The van der Waals surface area contributed by atoms with Gasteiger partial charge in [-0.2, -0.15) is 0 Å². The van der Waals surface area contributed by atoms with Crippen molar-refractivity contribution in [2.75, 3.05) is 0 Å².